The molecule has 0 radical (unpaired) electrons. The van der Waals surface area contributed by atoms with Gasteiger partial charge in [-0.3, -0.25) is 4.79 Å². The van der Waals surface area contributed by atoms with E-state index in [1.807, 2.05) is 24.3 Å². The first-order valence-corrected chi connectivity index (χ1v) is 7.91. The molecule has 2 bridgehead atoms. The quantitative estimate of drug-likeness (QED) is 0.581. The third-order valence-corrected chi connectivity index (χ3v) is 5.50. The van der Waals surface area contributed by atoms with Crippen molar-refractivity contribution < 1.29 is 9.53 Å². The van der Waals surface area contributed by atoms with E-state index in [1.165, 1.54) is 12.8 Å². The molecule has 112 valence electrons. The van der Waals surface area contributed by atoms with Gasteiger partial charge in [-0.1, -0.05) is 25.5 Å². The predicted octanol–water partition coefficient (Wildman–Crippen LogP) is 4.65. The van der Waals surface area contributed by atoms with Gasteiger partial charge < -0.3 is 4.74 Å². The van der Waals surface area contributed by atoms with E-state index in [2.05, 4.69) is 19.9 Å². The molecule has 1 aromatic rings. The fraction of sp³-hybridized carbons (Fsp3) is 0.526. The Labute approximate surface area is 127 Å². The van der Waals surface area contributed by atoms with Crippen molar-refractivity contribution in [3.8, 4) is 5.75 Å². The van der Waals surface area contributed by atoms with Crippen molar-refractivity contribution in [1.82, 2.24) is 0 Å². The minimum atomic E-state index is 0.0932. The lowest BCUT2D eigenvalue weighted by atomic mass is 9.48. The summed E-state index contributed by atoms with van der Waals surface area (Å²) in [6, 6.07) is 7.43. The molecule has 0 aliphatic heterocycles. The Bertz CT molecular complexity index is 566. The Hall–Kier alpha value is -1.57. The van der Waals surface area contributed by atoms with E-state index in [0.29, 0.717) is 5.41 Å². The molecule has 2 heteroatoms. The summed E-state index contributed by atoms with van der Waals surface area (Å²) >= 11 is 0. The molecule has 0 spiro atoms. The zero-order valence-corrected chi connectivity index (χ0v) is 13.2. The molecule has 0 unspecified atom stereocenters. The number of ether oxygens (including phenoxy) is 1. The molecule has 0 saturated heterocycles. The first kappa shape index (κ1) is 14.4. The molecule has 1 fully saturated rings. The van der Waals surface area contributed by atoms with Crippen LogP contribution in [0, 0.1) is 17.3 Å². The summed E-state index contributed by atoms with van der Waals surface area (Å²) < 4.78 is 5.83. The molecule has 2 atom stereocenters. The highest BCUT2D eigenvalue weighted by Crippen LogP contribution is 2.59. The molecular formula is C19H24O2. The van der Waals surface area contributed by atoms with Gasteiger partial charge in [-0.15, -0.1) is 0 Å². The largest absolute Gasteiger partial charge is 0.493 e. The van der Waals surface area contributed by atoms with Crippen LogP contribution in [0.3, 0.4) is 0 Å². The Balaban J connectivity index is 1.52. The maximum Gasteiger partial charge on any atom is 0.159 e. The molecule has 21 heavy (non-hydrogen) atoms. The molecule has 0 aromatic heterocycles. The smallest absolute Gasteiger partial charge is 0.159 e. The normalized spacial score (nSPS) is 25.8. The molecule has 3 aliphatic carbocycles. The molecule has 0 heterocycles. The number of Topliss-reactive ketones (excluding diaryl/α,β-unsaturated/α-hetero) is 1. The van der Waals surface area contributed by atoms with Crippen LogP contribution in [0.4, 0.5) is 0 Å². The number of ketones is 1. The van der Waals surface area contributed by atoms with E-state index in [-0.39, 0.29) is 5.78 Å². The number of allylic oxidation sites excluding steroid dienone is 1. The van der Waals surface area contributed by atoms with Crippen LogP contribution in [0.5, 0.6) is 5.75 Å². The van der Waals surface area contributed by atoms with Crippen LogP contribution in [0.15, 0.2) is 35.9 Å². The lowest BCUT2D eigenvalue weighted by Gasteiger charge is -2.56. The van der Waals surface area contributed by atoms with Crippen molar-refractivity contribution in [3.05, 3.63) is 41.5 Å². The van der Waals surface area contributed by atoms with Gasteiger partial charge in [0.1, 0.15) is 5.75 Å². The first-order chi connectivity index (χ1) is 9.98. The summed E-state index contributed by atoms with van der Waals surface area (Å²) in [5.74, 6) is 2.60. The number of hydrogen-bond acceptors (Lipinski definition) is 2. The highest BCUT2D eigenvalue weighted by molar-refractivity contribution is 5.94. The lowest BCUT2D eigenvalue weighted by molar-refractivity contribution is -0.00917. The standard InChI is InChI=1S/C19H24O2/c1-13(20)14-5-8-17(9-6-14)21-11-10-15-4-7-16-12-18(15)19(16,2)3/h4-6,8-9,16,18H,7,10-12H2,1-3H3/t16-,18+/m1/s1. The summed E-state index contributed by atoms with van der Waals surface area (Å²) in [5, 5.41) is 0. The summed E-state index contributed by atoms with van der Waals surface area (Å²) in [6.07, 6.45) is 6.07. The van der Waals surface area contributed by atoms with Gasteiger partial charge in [0.2, 0.25) is 0 Å². The van der Waals surface area contributed by atoms with E-state index >= 15 is 0 Å². The molecular weight excluding hydrogens is 260 g/mol. The summed E-state index contributed by atoms with van der Waals surface area (Å²) in [4.78, 5) is 11.2. The van der Waals surface area contributed by atoms with E-state index in [9.17, 15) is 4.79 Å². The Kier molecular flexibility index (Phi) is 3.64. The van der Waals surface area contributed by atoms with Crippen molar-refractivity contribution in [2.24, 2.45) is 17.3 Å². The SMILES string of the molecule is CC(=O)c1ccc(OCCC2=CC[C@@H]3C[C@@H]2C3(C)C)cc1. The van der Waals surface area contributed by atoms with Gasteiger partial charge in [-0.25, -0.2) is 0 Å². The number of carbonyl (C=O) groups is 1. The van der Waals surface area contributed by atoms with Crippen LogP contribution >= 0.6 is 0 Å². The number of fused-ring (bicyclic) bond motifs is 1. The Morgan fingerprint density at radius 2 is 2.00 bits per heavy atom. The van der Waals surface area contributed by atoms with Crippen LogP contribution in [-0.4, -0.2) is 12.4 Å². The lowest BCUT2D eigenvalue weighted by Crippen LogP contribution is -2.48. The summed E-state index contributed by atoms with van der Waals surface area (Å²) in [6.45, 7) is 7.11. The highest BCUT2D eigenvalue weighted by atomic mass is 16.5. The van der Waals surface area contributed by atoms with Crippen LogP contribution in [0.1, 0.15) is 50.4 Å². The van der Waals surface area contributed by atoms with Crippen LogP contribution < -0.4 is 4.74 Å². The van der Waals surface area contributed by atoms with Crippen molar-refractivity contribution in [1.29, 1.82) is 0 Å². The van der Waals surface area contributed by atoms with Gasteiger partial charge in [0, 0.05) is 12.0 Å². The van der Waals surface area contributed by atoms with Crippen molar-refractivity contribution in [3.63, 3.8) is 0 Å². The average Bonchev–Trinajstić information content (AvgIpc) is 2.47. The van der Waals surface area contributed by atoms with E-state index in [4.69, 9.17) is 4.74 Å². The van der Waals surface area contributed by atoms with Gasteiger partial charge >= 0.3 is 0 Å². The van der Waals surface area contributed by atoms with E-state index in [0.717, 1.165) is 36.2 Å². The highest BCUT2D eigenvalue weighted by Gasteiger charge is 2.50. The Morgan fingerprint density at radius 3 is 2.57 bits per heavy atom. The maximum absolute atomic E-state index is 11.2. The number of benzene rings is 1. The third-order valence-electron chi connectivity index (χ3n) is 5.50. The molecule has 4 rings (SSSR count). The first-order valence-electron chi connectivity index (χ1n) is 7.91. The Morgan fingerprint density at radius 1 is 1.29 bits per heavy atom. The predicted molar refractivity (Wildman–Crippen MR) is 84.6 cm³/mol. The van der Waals surface area contributed by atoms with Crippen LogP contribution in [0.2, 0.25) is 0 Å². The summed E-state index contributed by atoms with van der Waals surface area (Å²) in [7, 11) is 0. The molecule has 3 aliphatic rings. The topological polar surface area (TPSA) is 26.3 Å². The fourth-order valence-electron chi connectivity index (χ4n) is 3.83. The second kappa shape index (κ2) is 5.32. The van der Waals surface area contributed by atoms with Crippen molar-refractivity contribution >= 4 is 5.78 Å². The van der Waals surface area contributed by atoms with Gasteiger partial charge in [-0.05, 0) is 61.3 Å². The van der Waals surface area contributed by atoms with Crippen LogP contribution in [-0.2, 0) is 0 Å². The van der Waals surface area contributed by atoms with Crippen LogP contribution in [0.25, 0.3) is 0 Å². The second-order valence-electron chi connectivity index (χ2n) is 7.00. The summed E-state index contributed by atoms with van der Waals surface area (Å²) in [5.41, 5.74) is 2.81. The molecule has 0 N–H and O–H groups in total. The van der Waals surface area contributed by atoms with E-state index < -0.39 is 0 Å². The molecule has 1 saturated carbocycles. The van der Waals surface area contributed by atoms with Crippen molar-refractivity contribution in [2.75, 3.05) is 6.61 Å². The van der Waals surface area contributed by atoms with E-state index in [1.54, 1.807) is 12.5 Å². The van der Waals surface area contributed by atoms with Crippen molar-refractivity contribution in [2.45, 2.75) is 40.0 Å². The zero-order valence-electron chi connectivity index (χ0n) is 13.2. The van der Waals surface area contributed by atoms with Gasteiger partial charge in [0.15, 0.2) is 5.78 Å². The van der Waals surface area contributed by atoms with Gasteiger partial charge in [0.25, 0.3) is 0 Å². The minimum absolute atomic E-state index is 0.0932. The monoisotopic (exact) mass is 284 g/mol. The molecule has 1 aromatic carbocycles. The minimum Gasteiger partial charge on any atom is -0.493 e. The third kappa shape index (κ3) is 2.64. The second-order valence-corrected chi connectivity index (χ2v) is 7.00. The van der Waals surface area contributed by atoms with Gasteiger partial charge in [0.05, 0.1) is 6.61 Å². The number of rotatable bonds is 5. The van der Waals surface area contributed by atoms with Gasteiger partial charge in [-0.2, -0.15) is 0 Å². The molecule has 2 nitrogen and oxygen atoms in total. The zero-order chi connectivity index (χ0) is 15.0. The average molecular weight is 284 g/mol. The molecule has 0 amide bonds. The number of hydrogen-bond donors (Lipinski definition) is 0. The number of carbonyl (C=O) groups excluding carboxylic acids is 1. The fourth-order valence-corrected chi connectivity index (χ4v) is 3.83. The maximum atomic E-state index is 11.2.